The lowest BCUT2D eigenvalue weighted by molar-refractivity contribution is -0.296. The lowest BCUT2D eigenvalue weighted by Gasteiger charge is -2.47. The molecule has 0 amide bonds. The summed E-state index contributed by atoms with van der Waals surface area (Å²) in [6, 6.07) is -0.295. The fourth-order valence-corrected chi connectivity index (χ4v) is 6.38. The molecular formula is C29H53NO10. The molecule has 2 aliphatic heterocycles. The zero-order valence-corrected chi connectivity index (χ0v) is 25.8. The molecule has 40 heavy (non-hydrogen) atoms. The topological polar surface area (TPSA) is 164 Å². The van der Waals surface area contributed by atoms with E-state index in [1.807, 2.05) is 6.92 Å². The van der Waals surface area contributed by atoms with Gasteiger partial charge in [-0.05, 0) is 54.0 Å². The molecule has 0 bridgehead atoms. The summed E-state index contributed by atoms with van der Waals surface area (Å²) in [7, 11) is 3.22. The first kappa shape index (κ1) is 35.0. The number of Topliss-reactive ketones (excluding diaryl/α,β-unsaturated/α-hetero) is 1. The highest BCUT2D eigenvalue weighted by Crippen LogP contribution is 2.38. The van der Waals surface area contributed by atoms with Crippen LogP contribution in [0.4, 0.5) is 0 Å². The molecule has 2 rings (SSSR count). The Balaban J connectivity index is 2.59. The maximum atomic E-state index is 13.6. The van der Waals surface area contributed by atoms with E-state index in [1.165, 1.54) is 27.9 Å². The van der Waals surface area contributed by atoms with Crippen molar-refractivity contribution in [2.75, 3.05) is 14.2 Å². The Hall–Kier alpha value is -1.18. The van der Waals surface area contributed by atoms with Crippen molar-refractivity contribution in [3.63, 3.8) is 0 Å². The third-order valence-electron chi connectivity index (χ3n) is 9.26. The van der Waals surface area contributed by atoms with E-state index < -0.39 is 77.7 Å². The van der Waals surface area contributed by atoms with Gasteiger partial charge in [-0.25, -0.2) is 0 Å². The van der Waals surface area contributed by atoms with E-state index >= 15 is 0 Å². The molecule has 11 heteroatoms. The lowest BCUT2D eigenvalue weighted by atomic mass is 9.74. The van der Waals surface area contributed by atoms with Crippen LogP contribution in [0, 0.1) is 23.7 Å². The van der Waals surface area contributed by atoms with Gasteiger partial charge in [0.1, 0.15) is 23.6 Å². The number of esters is 1. The predicted octanol–water partition coefficient (Wildman–Crippen LogP) is 1.17. The molecule has 2 aliphatic rings. The Bertz CT molecular complexity index is 855. The van der Waals surface area contributed by atoms with Crippen LogP contribution in [0.3, 0.4) is 0 Å². The molecule has 234 valence electrons. The Morgan fingerprint density at radius 2 is 1.62 bits per heavy atom. The summed E-state index contributed by atoms with van der Waals surface area (Å²) in [5.41, 5.74) is -3.11. The number of rotatable bonds is 5. The first-order chi connectivity index (χ1) is 18.5. The number of methoxy groups -OCH3 is 1. The van der Waals surface area contributed by atoms with Crippen LogP contribution >= 0.6 is 0 Å². The number of ketones is 1. The highest BCUT2D eigenvalue weighted by Gasteiger charge is 2.51. The minimum Gasteiger partial charge on any atom is -0.459 e. The number of cyclic esters (lactones) is 1. The van der Waals surface area contributed by atoms with E-state index in [2.05, 4.69) is 5.32 Å². The molecule has 0 aliphatic carbocycles. The van der Waals surface area contributed by atoms with Crippen molar-refractivity contribution in [1.82, 2.24) is 5.32 Å². The van der Waals surface area contributed by atoms with Crippen LogP contribution < -0.4 is 5.32 Å². The Labute approximate surface area is 238 Å². The number of likely N-dealkylation sites (N-methyl/N-ethyl adjacent to an activating group) is 1. The van der Waals surface area contributed by atoms with Gasteiger partial charge in [0.25, 0.3) is 0 Å². The standard InChI is InChI=1S/C29H53NO10/c1-11-20-29(8,36)24(34)16(4)21(31)14(2)13-28(7,37-10)25(17(5)22(32)18(6)26(35)39-20)40-27-23(33)19(30-9)12-15(3)38-27/h14-20,22-25,27,30,32-34,36H,11-13H2,1-10H3/t14-,15+,16+,17-,18+,19?,20+,22-,23-,24-,25-,27-,28+,29+/m0/s1. The van der Waals surface area contributed by atoms with Gasteiger partial charge in [0.15, 0.2) is 6.29 Å². The van der Waals surface area contributed by atoms with Gasteiger partial charge < -0.3 is 44.7 Å². The summed E-state index contributed by atoms with van der Waals surface area (Å²) >= 11 is 0. The zero-order valence-electron chi connectivity index (χ0n) is 25.8. The largest absolute Gasteiger partial charge is 0.459 e. The second kappa shape index (κ2) is 13.9. The fraction of sp³-hybridized carbons (Fsp3) is 0.931. The maximum Gasteiger partial charge on any atom is 0.311 e. The van der Waals surface area contributed by atoms with Crippen LogP contribution in [0.2, 0.25) is 0 Å². The van der Waals surface area contributed by atoms with Crippen molar-refractivity contribution in [1.29, 1.82) is 0 Å². The molecule has 2 fully saturated rings. The van der Waals surface area contributed by atoms with Gasteiger partial charge in [0.2, 0.25) is 0 Å². The summed E-state index contributed by atoms with van der Waals surface area (Å²) in [5, 5.41) is 47.9. The van der Waals surface area contributed by atoms with E-state index in [0.717, 1.165) is 0 Å². The number of carbonyl (C=O) groups excluding carboxylic acids is 2. The molecule has 1 unspecified atom stereocenters. The average molecular weight is 576 g/mol. The van der Waals surface area contributed by atoms with E-state index in [0.29, 0.717) is 6.42 Å². The minimum absolute atomic E-state index is 0.132. The van der Waals surface area contributed by atoms with Gasteiger partial charge in [-0.1, -0.05) is 27.7 Å². The summed E-state index contributed by atoms with van der Waals surface area (Å²) in [6.45, 7) is 13.2. The van der Waals surface area contributed by atoms with E-state index in [1.54, 1.807) is 34.7 Å². The van der Waals surface area contributed by atoms with Gasteiger partial charge in [-0.2, -0.15) is 0 Å². The molecular weight excluding hydrogens is 522 g/mol. The monoisotopic (exact) mass is 575 g/mol. The minimum atomic E-state index is -1.91. The number of hydrogen-bond donors (Lipinski definition) is 5. The second-order valence-electron chi connectivity index (χ2n) is 12.4. The molecule has 14 atom stereocenters. The smallest absolute Gasteiger partial charge is 0.311 e. The number of carbonyl (C=O) groups is 2. The quantitative estimate of drug-likeness (QED) is 0.299. The lowest BCUT2D eigenvalue weighted by Crippen LogP contribution is -2.60. The van der Waals surface area contributed by atoms with Crippen LogP contribution in [0.1, 0.15) is 74.7 Å². The van der Waals surface area contributed by atoms with E-state index in [9.17, 15) is 30.0 Å². The predicted molar refractivity (Wildman–Crippen MR) is 147 cm³/mol. The summed E-state index contributed by atoms with van der Waals surface area (Å²) in [4.78, 5) is 26.8. The molecule has 0 spiro atoms. The number of nitrogens with one attached hydrogen (secondary N) is 1. The van der Waals surface area contributed by atoms with Gasteiger partial charge >= 0.3 is 5.97 Å². The Morgan fingerprint density at radius 1 is 1.02 bits per heavy atom. The molecule has 0 radical (unpaired) electrons. The first-order valence-corrected chi connectivity index (χ1v) is 14.5. The van der Waals surface area contributed by atoms with Crippen LogP contribution in [0.25, 0.3) is 0 Å². The number of ether oxygens (including phenoxy) is 4. The maximum absolute atomic E-state index is 13.6. The molecule has 0 aromatic heterocycles. The molecule has 0 aromatic rings. The number of aliphatic hydroxyl groups is 4. The Morgan fingerprint density at radius 3 is 2.15 bits per heavy atom. The normalized spacial score (nSPS) is 48.4. The van der Waals surface area contributed by atoms with Crippen LogP contribution in [-0.2, 0) is 28.5 Å². The molecule has 0 aromatic carbocycles. The number of hydrogen-bond acceptors (Lipinski definition) is 11. The first-order valence-electron chi connectivity index (χ1n) is 14.5. The molecule has 5 N–H and O–H groups in total. The summed E-state index contributed by atoms with van der Waals surface area (Å²) in [6.07, 6.45) is -6.30. The van der Waals surface area contributed by atoms with Crippen molar-refractivity contribution < 1.29 is 49.0 Å². The SMILES string of the molecule is CC[C@H]1OC(=O)[C@H](C)[C@@H](O)[C@H](C)[C@H](O[C@@H]2O[C@H](C)CC(NC)[C@@H]2O)[C@](C)(OC)C[C@H](C)C(=O)[C@@H](C)[C@H](O)[C@]1(C)O. The third-order valence-corrected chi connectivity index (χ3v) is 9.26. The average Bonchev–Trinajstić information content (AvgIpc) is 2.92. The van der Waals surface area contributed by atoms with Gasteiger partial charge in [0.05, 0.1) is 35.9 Å². The summed E-state index contributed by atoms with van der Waals surface area (Å²) in [5.74, 6) is -4.49. The molecule has 2 saturated heterocycles. The van der Waals surface area contributed by atoms with Gasteiger partial charge in [-0.3, -0.25) is 9.59 Å². The highest BCUT2D eigenvalue weighted by molar-refractivity contribution is 5.83. The Kier molecular flexibility index (Phi) is 12.1. The molecule has 0 saturated carbocycles. The second-order valence-corrected chi connectivity index (χ2v) is 12.4. The van der Waals surface area contributed by atoms with Gasteiger partial charge in [-0.15, -0.1) is 0 Å². The zero-order chi connectivity index (χ0) is 30.7. The van der Waals surface area contributed by atoms with Crippen LogP contribution in [-0.4, -0.2) is 106 Å². The van der Waals surface area contributed by atoms with Crippen LogP contribution in [0.5, 0.6) is 0 Å². The van der Waals surface area contributed by atoms with Crippen molar-refractivity contribution in [3.05, 3.63) is 0 Å². The van der Waals surface area contributed by atoms with E-state index in [4.69, 9.17) is 18.9 Å². The van der Waals surface area contributed by atoms with Gasteiger partial charge in [0, 0.05) is 30.9 Å². The third kappa shape index (κ3) is 7.23. The van der Waals surface area contributed by atoms with Crippen molar-refractivity contribution in [3.8, 4) is 0 Å². The van der Waals surface area contributed by atoms with E-state index in [-0.39, 0.29) is 30.8 Å². The molecule has 2 heterocycles. The highest BCUT2D eigenvalue weighted by atomic mass is 16.7. The van der Waals surface area contributed by atoms with Crippen molar-refractivity contribution >= 4 is 11.8 Å². The number of aliphatic hydroxyl groups excluding tert-OH is 3. The van der Waals surface area contributed by atoms with Crippen LogP contribution in [0.15, 0.2) is 0 Å². The fourth-order valence-electron chi connectivity index (χ4n) is 6.38. The van der Waals surface area contributed by atoms with Crippen molar-refractivity contribution in [2.24, 2.45) is 23.7 Å². The van der Waals surface area contributed by atoms with Crippen molar-refractivity contribution in [2.45, 2.75) is 135 Å². The summed E-state index contributed by atoms with van der Waals surface area (Å²) < 4.78 is 24.0. The molecule has 11 nitrogen and oxygen atoms in total.